The third-order valence-electron chi connectivity index (χ3n) is 5.78. The number of piperidine rings is 1. The van der Waals surface area contributed by atoms with Gasteiger partial charge in [-0.25, -0.2) is 4.98 Å². The summed E-state index contributed by atoms with van der Waals surface area (Å²) in [6.07, 6.45) is 1.18. The Morgan fingerprint density at radius 3 is 2.64 bits per heavy atom. The number of benzene rings is 1. The molecule has 1 aromatic carbocycles. The Bertz CT molecular complexity index is 1100. The smallest absolute Gasteiger partial charge is 0.368 e. The fraction of sp³-hybridized carbons (Fsp3) is 0.364. The van der Waals surface area contributed by atoms with Crippen LogP contribution in [0.1, 0.15) is 35.7 Å². The van der Waals surface area contributed by atoms with Crippen LogP contribution in [0.4, 0.5) is 19.0 Å². The number of likely N-dealkylation sites (tertiary alicyclic amines) is 1. The molecule has 1 fully saturated rings. The first-order valence-electron chi connectivity index (χ1n) is 10.5. The predicted octanol–water partition coefficient (Wildman–Crippen LogP) is 4.69. The summed E-state index contributed by atoms with van der Waals surface area (Å²) in [4.78, 5) is 20.6. The fourth-order valence-corrected chi connectivity index (χ4v) is 4.21. The van der Waals surface area contributed by atoms with Gasteiger partial charge in [0.05, 0.1) is 35.2 Å². The lowest BCUT2D eigenvalue weighted by atomic mass is 9.90. The number of nitrogens with zero attached hydrogens (tertiary/aromatic N) is 5. The number of carbonyl (C=O) groups excluding carboxylic acids is 1. The van der Waals surface area contributed by atoms with Gasteiger partial charge in [0.1, 0.15) is 5.82 Å². The summed E-state index contributed by atoms with van der Waals surface area (Å²) < 4.78 is 38.4. The van der Waals surface area contributed by atoms with Gasteiger partial charge in [0, 0.05) is 24.3 Å². The molecule has 1 aliphatic heterocycles. The van der Waals surface area contributed by atoms with Crippen molar-refractivity contribution >= 4 is 23.3 Å². The van der Waals surface area contributed by atoms with E-state index in [1.807, 2.05) is 0 Å². The fourth-order valence-electron chi connectivity index (χ4n) is 4.04. The third-order valence-corrected chi connectivity index (χ3v) is 6.02. The monoisotopic (exact) mass is 478 g/mol. The van der Waals surface area contributed by atoms with Crippen LogP contribution in [0.15, 0.2) is 48.9 Å². The minimum Gasteiger partial charge on any atom is -0.368 e. The largest absolute Gasteiger partial charge is 0.417 e. The number of hydrogen-bond donors (Lipinski definition) is 1. The molecule has 0 bridgehead atoms. The van der Waals surface area contributed by atoms with Crippen molar-refractivity contribution in [2.45, 2.75) is 32.0 Å². The van der Waals surface area contributed by atoms with E-state index in [0.29, 0.717) is 35.2 Å². The van der Waals surface area contributed by atoms with Crippen LogP contribution in [0.2, 0.25) is 5.02 Å². The molecule has 174 valence electrons. The molecule has 1 aliphatic rings. The molecule has 1 saturated heterocycles. The van der Waals surface area contributed by atoms with E-state index < -0.39 is 11.7 Å². The molecule has 33 heavy (non-hydrogen) atoms. The molecular formula is C22H22ClF3N6O. The third kappa shape index (κ3) is 5.11. The minimum atomic E-state index is -4.44. The molecule has 2 aromatic heterocycles. The second-order valence-corrected chi connectivity index (χ2v) is 8.41. The average Bonchev–Trinajstić information content (AvgIpc) is 3.32. The lowest BCUT2D eigenvalue weighted by Crippen LogP contribution is -2.51. The summed E-state index contributed by atoms with van der Waals surface area (Å²) in [7, 11) is 0. The molecule has 0 unspecified atom stereocenters. The van der Waals surface area contributed by atoms with E-state index in [2.05, 4.69) is 27.4 Å². The summed E-state index contributed by atoms with van der Waals surface area (Å²) >= 11 is 6.19. The number of aromatic nitrogens is 4. The van der Waals surface area contributed by atoms with Crippen LogP contribution < -0.4 is 5.32 Å². The zero-order chi connectivity index (χ0) is 23.6. The molecular weight excluding hydrogens is 457 g/mol. The van der Waals surface area contributed by atoms with E-state index in [-0.39, 0.29) is 17.9 Å². The van der Waals surface area contributed by atoms with Gasteiger partial charge < -0.3 is 10.2 Å². The maximum absolute atomic E-state index is 13.6. The molecule has 0 aliphatic carbocycles. The molecule has 0 saturated carbocycles. The Morgan fingerprint density at radius 2 is 1.97 bits per heavy atom. The van der Waals surface area contributed by atoms with E-state index in [9.17, 15) is 18.0 Å². The first-order valence-corrected chi connectivity index (χ1v) is 10.9. The summed E-state index contributed by atoms with van der Waals surface area (Å²) in [6, 6.07) is 7.06. The van der Waals surface area contributed by atoms with Gasteiger partial charge in [-0.1, -0.05) is 18.5 Å². The zero-order valence-corrected chi connectivity index (χ0v) is 18.5. The van der Waals surface area contributed by atoms with Crippen LogP contribution in [-0.2, 0) is 6.18 Å². The molecule has 3 aromatic rings. The number of alkyl halides is 3. The van der Waals surface area contributed by atoms with Gasteiger partial charge in [-0.2, -0.15) is 28.2 Å². The number of rotatable bonds is 5. The van der Waals surface area contributed by atoms with Crippen molar-refractivity contribution in [3.63, 3.8) is 0 Å². The molecule has 2 atom stereocenters. The number of hydrogen-bond acceptors (Lipinski definition) is 5. The quantitative estimate of drug-likeness (QED) is 0.576. The van der Waals surface area contributed by atoms with Crippen molar-refractivity contribution in [3.8, 4) is 5.69 Å². The van der Waals surface area contributed by atoms with Crippen LogP contribution in [0.3, 0.4) is 0 Å². The summed E-state index contributed by atoms with van der Waals surface area (Å²) in [6.45, 7) is 2.95. The van der Waals surface area contributed by atoms with Crippen LogP contribution in [0, 0.1) is 5.92 Å². The highest BCUT2D eigenvalue weighted by Crippen LogP contribution is 2.30. The highest BCUT2D eigenvalue weighted by atomic mass is 35.5. The van der Waals surface area contributed by atoms with Crippen molar-refractivity contribution < 1.29 is 18.0 Å². The molecule has 1 amide bonds. The van der Waals surface area contributed by atoms with Crippen molar-refractivity contribution in [1.82, 2.24) is 24.9 Å². The Hall–Kier alpha value is -3.14. The second kappa shape index (κ2) is 9.38. The maximum Gasteiger partial charge on any atom is 0.417 e. The lowest BCUT2D eigenvalue weighted by molar-refractivity contribution is -0.137. The first kappa shape index (κ1) is 23.0. The van der Waals surface area contributed by atoms with E-state index in [1.54, 1.807) is 23.1 Å². The van der Waals surface area contributed by atoms with Crippen LogP contribution >= 0.6 is 11.6 Å². The zero-order valence-electron chi connectivity index (χ0n) is 17.8. The minimum absolute atomic E-state index is 0.176. The average molecular weight is 479 g/mol. The van der Waals surface area contributed by atoms with Crippen molar-refractivity contribution in [2.75, 3.05) is 18.4 Å². The molecule has 0 radical (unpaired) electrons. The van der Waals surface area contributed by atoms with Crippen LogP contribution in [0.5, 0.6) is 0 Å². The molecule has 7 nitrogen and oxygen atoms in total. The Morgan fingerprint density at radius 1 is 1.21 bits per heavy atom. The van der Waals surface area contributed by atoms with Crippen molar-refractivity contribution in [2.24, 2.45) is 5.92 Å². The normalized spacial score (nSPS) is 18.9. The van der Waals surface area contributed by atoms with Gasteiger partial charge in [-0.05, 0) is 49.1 Å². The van der Waals surface area contributed by atoms with Gasteiger partial charge >= 0.3 is 6.18 Å². The number of carbonyl (C=O) groups is 1. The number of halogens is 4. The number of pyridine rings is 1. The van der Waals surface area contributed by atoms with Gasteiger partial charge in [0.15, 0.2) is 0 Å². The SMILES string of the molecule is C[C@@H]1CCCN(C(=O)c2cc(Cl)ccc2-n2nccn2)[C@@H]1CNc1ccc(C(F)(F)F)cn1. The highest BCUT2D eigenvalue weighted by Gasteiger charge is 2.34. The topological polar surface area (TPSA) is 75.9 Å². The Balaban J connectivity index is 1.55. The maximum atomic E-state index is 13.6. The summed E-state index contributed by atoms with van der Waals surface area (Å²) in [5.41, 5.74) is 0.0887. The molecule has 3 heterocycles. The van der Waals surface area contributed by atoms with Crippen LogP contribution in [0.25, 0.3) is 5.69 Å². The van der Waals surface area contributed by atoms with E-state index in [0.717, 1.165) is 25.1 Å². The van der Waals surface area contributed by atoms with Crippen molar-refractivity contribution in [1.29, 1.82) is 0 Å². The standard InChI is InChI=1S/C22H22ClF3N6O/c1-14-3-2-10-31(19(14)13-28-20-7-4-15(12-27-20)22(24,25)26)21(33)17-11-16(23)5-6-18(17)32-29-8-9-30-32/h4-9,11-12,14,19H,2-3,10,13H2,1H3,(H,27,28)/t14-,19-/m1/s1. The Kier molecular flexibility index (Phi) is 6.55. The van der Waals surface area contributed by atoms with E-state index in [1.165, 1.54) is 23.3 Å². The molecule has 1 N–H and O–H groups in total. The molecule has 11 heteroatoms. The number of anilines is 1. The van der Waals surface area contributed by atoms with Gasteiger partial charge in [0.25, 0.3) is 5.91 Å². The molecule has 4 rings (SSSR count). The van der Waals surface area contributed by atoms with Gasteiger partial charge in [0.2, 0.25) is 0 Å². The summed E-state index contributed by atoms with van der Waals surface area (Å²) in [5.74, 6) is 0.288. The van der Waals surface area contributed by atoms with Gasteiger partial charge in [-0.15, -0.1) is 0 Å². The van der Waals surface area contributed by atoms with Crippen LogP contribution in [-0.4, -0.2) is 49.9 Å². The molecule has 0 spiro atoms. The van der Waals surface area contributed by atoms with E-state index >= 15 is 0 Å². The Labute approximate surface area is 193 Å². The van der Waals surface area contributed by atoms with Gasteiger partial charge in [-0.3, -0.25) is 4.79 Å². The number of amides is 1. The van der Waals surface area contributed by atoms with E-state index in [4.69, 9.17) is 11.6 Å². The first-order chi connectivity index (χ1) is 15.7. The highest BCUT2D eigenvalue weighted by molar-refractivity contribution is 6.31. The second-order valence-electron chi connectivity index (χ2n) is 7.98. The number of nitrogens with one attached hydrogen (secondary N) is 1. The lowest BCUT2D eigenvalue weighted by Gasteiger charge is -2.40. The predicted molar refractivity (Wildman–Crippen MR) is 117 cm³/mol. The summed E-state index contributed by atoms with van der Waals surface area (Å²) in [5, 5.41) is 11.8. The van der Waals surface area contributed by atoms with Crippen molar-refractivity contribution in [3.05, 3.63) is 65.1 Å².